The van der Waals surface area contributed by atoms with Crippen molar-refractivity contribution in [3.8, 4) is 0 Å². The number of carbonyl (C=O) groups excluding carboxylic acids is 1. The maximum absolute atomic E-state index is 11.9. The summed E-state index contributed by atoms with van der Waals surface area (Å²) < 4.78 is 4.84. The number of anilines is 1. The molecule has 0 amide bonds. The highest BCUT2D eigenvalue weighted by atomic mass is 35.5. The fraction of sp³-hybridized carbons (Fsp3) is 0.562. The second kappa shape index (κ2) is 5.85. The molecule has 2 fully saturated rings. The number of ether oxygens (including phenoxy) is 1. The quantitative estimate of drug-likeness (QED) is 0.868. The zero-order valence-corrected chi connectivity index (χ0v) is 13.2. The highest BCUT2D eigenvalue weighted by Gasteiger charge is 2.38. The first-order valence-electron chi connectivity index (χ1n) is 7.48. The summed E-state index contributed by atoms with van der Waals surface area (Å²) >= 11 is 6.07. The van der Waals surface area contributed by atoms with Gasteiger partial charge in [0.1, 0.15) is 0 Å². The summed E-state index contributed by atoms with van der Waals surface area (Å²) in [6.07, 6.45) is 3.73. The van der Waals surface area contributed by atoms with E-state index in [1.807, 2.05) is 0 Å². The number of benzene rings is 1. The lowest BCUT2D eigenvalue weighted by atomic mass is 10.1. The highest BCUT2D eigenvalue weighted by molar-refractivity contribution is 6.31. The third-order valence-corrected chi connectivity index (χ3v) is 4.62. The van der Waals surface area contributed by atoms with E-state index in [0.29, 0.717) is 22.7 Å². The molecule has 1 saturated heterocycles. The van der Waals surface area contributed by atoms with Crippen LogP contribution in [0.5, 0.6) is 0 Å². The summed E-state index contributed by atoms with van der Waals surface area (Å²) in [5.74, 6) is -0.334. The Bertz CT molecular complexity index is 545. The molecule has 0 radical (unpaired) electrons. The van der Waals surface area contributed by atoms with E-state index >= 15 is 0 Å². The molecule has 0 bridgehead atoms. The fourth-order valence-electron chi connectivity index (χ4n) is 3.22. The molecule has 1 heterocycles. The molecule has 1 aliphatic heterocycles. The standard InChI is InChI=1S/C16H21ClN2O2/c1-10-7-12(9-19(10)13-4-5-13)18-15-8-11(17)3-6-14(15)16(20)21-2/h3,6,8,10,12-13,18H,4-5,7,9H2,1-2H3. The van der Waals surface area contributed by atoms with E-state index in [2.05, 4.69) is 17.1 Å². The number of nitrogens with one attached hydrogen (secondary N) is 1. The van der Waals surface area contributed by atoms with Crippen molar-refractivity contribution in [3.05, 3.63) is 28.8 Å². The lowest BCUT2D eigenvalue weighted by Gasteiger charge is -2.20. The number of hydrogen-bond donors (Lipinski definition) is 1. The molecule has 1 aromatic rings. The van der Waals surface area contributed by atoms with Gasteiger partial charge < -0.3 is 10.1 Å². The minimum Gasteiger partial charge on any atom is -0.465 e. The molecular weight excluding hydrogens is 288 g/mol. The first-order valence-corrected chi connectivity index (χ1v) is 7.86. The van der Waals surface area contributed by atoms with Crippen molar-refractivity contribution in [2.75, 3.05) is 19.0 Å². The number of nitrogens with zero attached hydrogens (tertiary/aromatic N) is 1. The molecular formula is C16H21ClN2O2. The van der Waals surface area contributed by atoms with Gasteiger partial charge in [0.15, 0.2) is 0 Å². The Labute approximate surface area is 130 Å². The average Bonchev–Trinajstić information content (AvgIpc) is 3.23. The summed E-state index contributed by atoms with van der Waals surface area (Å²) in [7, 11) is 1.40. The SMILES string of the molecule is COC(=O)c1ccc(Cl)cc1NC1CC(C)N(C2CC2)C1. The van der Waals surface area contributed by atoms with Crippen LogP contribution in [0, 0.1) is 0 Å². The Morgan fingerprint density at radius 1 is 1.43 bits per heavy atom. The van der Waals surface area contributed by atoms with E-state index in [-0.39, 0.29) is 5.97 Å². The Kier molecular flexibility index (Phi) is 4.09. The van der Waals surface area contributed by atoms with Gasteiger partial charge in [-0.05, 0) is 44.4 Å². The molecule has 21 heavy (non-hydrogen) atoms. The molecule has 1 aliphatic carbocycles. The lowest BCUT2D eigenvalue weighted by molar-refractivity contribution is 0.0602. The second-order valence-electron chi connectivity index (χ2n) is 6.04. The van der Waals surface area contributed by atoms with Gasteiger partial charge >= 0.3 is 5.97 Å². The van der Waals surface area contributed by atoms with Crippen LogP contribution in [0.3, 0.4) is 0 Å². The van der Waals surface area contributed by atoms with Crippen molar-refractivity contribution in [2.24, 2.45) is 0 Å². The number of methoxy groups -OCH3 is 1. The molecule has 2 unspecified atom stereocenters. The summed E-state index contributed by atoms with van der Waals surface area (Å²) in [6.45, 7) is 3.30. The Morgan fingerprint density at radius 2 is 2.19 bits per heavy atom. The van der Waals surface area contributed by atoms with Gasteiger partial charge in [-0.15, -0.1) is 0 Å². The molecule has 0 spiro atoms. The number of rotatable bonds is 4. The van der Waals surface area contributed by atoms with Crippen molar-refractivity contribution in [2.45, 2.75) is 44.3 Å². The Balaban J connectivity index is 1.75. The minimum atomic E-state index is -0.334. The average molecular weight is 309 g/mol. The van der Waals surface area contributed by atoms with Gasteiger partial charge in [-0.2, -0.15) is 0 Å². The molecule has 0 aromatic heterocycles. The normalized spacial score (nSPS) is 25.9. The largest absolute Gasteiger partial charge is 0.465 e. The van der Waals surface area contributed by atoms with Crippen LogP contribution in [0.25, 0.3) is 0 Å². The number of hydrogen-bond acceptors (Lipinski definition) is 4. The van der Waals surface area contributed by atoms with Crippen LogP contribution in [-0.4, -0.2) is 42.6 Å². The van der Waals surface area contributed by atoms with Gasteiger partial charge in [0.05, 0.1) is 18.4 Å². The van der Waals surface area contributed by atoms with E-state index < -0.39 is 0 Å². The number of halogens is 1. The number of esters is 1. The maximum Gasteiger partial charge on any atom is 0.339 e. The van der Waals surface area contributed by atoms with Crippen LogP contribution < -0.4 is 5.32 Å². The second-order valence-corrected chi connectivity index (χ2v) is 6.47. The molecule has 2 atom stereocenters. The number of carbonyl (C=O) groups is 1. The van der Waals surface area contributed by atoms with Crippen molar-refractivity contribution >= 4 is 23.3 Å². The third kappa shape index (κ3) is 3.16. The Hall–Kier alpha value is -1.26. The molecule has 2 aliphatic rings. The van der Waals surface area contributed by atoms with Crippen molar-refractivity contribution in [1.29, 1.82) is 0 Å². The summed E-state index contributed by atoms with van der Waals surface area (Å²) in [6, 6.07) is 6.95. The van der Waals surface area contributed by atoms with E-state index in [0.717, 1.165) is 24.7 Å². The molecule has 1 aromatic carbocycles. The highest BCUT2D eigenvalue weighted by Crippen LogP contribution is 2.34. The van der Waals surface area contributed by atoms with Crippen LogP contribution >= 0.6 is 11.6 Å². The van der Waals surface area contributed by atoms with Crippen LogP contribution in [-0.2, 0) is 4.74 Å². The van der Waals surface area contributed by atoms with Crippen LogP contribution in [0.15, 0.2) is 18.2 Å². The van der Waals surface area contributed by atoms with Gasteiger partial charge in [0, 0.05) is 29.7 Å². The predicted octanol–water partition coefficient (Wildman–Crippen LogP) is 3.16. The third-order valence-electron chi connectivity index (χ3n) is 4.39. The first kappa shape index (κ1) is 14.7. The van der Waals surface area contributed by atoms with Gasteiger partial charge in [0.25, 0.3) is 0 Å². The number of likely N-dealkylation sites (tertiary alicyclic amines) is 1. The van der Waals surface area contributed by atoms with Gasteiger partial charge in [-0.1, -0.05) is 11.6 Å². The van der Waals surface area contributed by atoms with Gasteiger partial charge in [-0.25, -0.2) is 4.79 Å². The van der Waals surface area contributed by atoms with E-state index in [1.54, 1.807) is 18.2 Å². The van der Waals surface area contributed by atoms with Crippen LogP contribution in [0.4, 0.5) is 5.69 Å². The molecule has 114 valence electrons. The van der Waals surface area contributed by atoms with Crippen molar-refractivity contribution in [3.63, 3.8) is 0 Å². The molecule has 1 saturated carbocycles. The van der Waals surface area contributed by atoms with E-state index in [1.165, 1.54) is 20.0 Å². The van der Waals surface area contributed by atoms with Crippen LogP contribution in [0.1, 0.15) is 36.5 Å². The summed E-state index contributed by atoms with van der Waals surface area (Å²) in [5, 5.41) is 4.10. The van der Waals surface area contributed by atoms with Crippen LogP contribution in [0.2, 0.25) is 5.02 Å². The zero-order valence-electron chi connectivity index (χ0n) is 12.4. The van der Waals surface area contributed by atoms with E-state index in [4.69, 9.17) is 16.3 Å². The maximum atomic E-state index is 11.9. The fourth-order valence-corrected chi connectivity index (χ4v) is 3.39. The minimum absolute atomic E-state index is 0.334. The molecule has 5 heteroatoms. The van der Waals surface area contributed by atoms with Crippen molar-refractivity contribution < 1.29 is 9.53 Å². The summed E-state index contributed by atoms with van der Waals surface area (Å²) in [5.41, 5.74) is 1.31. The predicted molar refractivity (Wildman–Crippen MR) is 84.0 cm³/mol. The van der Waals surface area contributed by atoms with Gasteiger partial charge in [0.2, 0.25) is 0 Å². The van der Waals surface area contributed by atoms with Crippen molar-refractivity contribution in [1.82, 2.24) is 4.90 Å². The molecule has 3 rings (SSSR count). The monoisotopic (exact) mass is 308 g/mol. The topological polar surface area (TPSA) is 41.6 Å². The van der Waals surface area contributed by atoms with E-state index in [9.17, 15) is 4.79 Å². The van der Waals surface area contributed by atoms with Gasteiger partial charge in [-0.3, -0.25) is 4.90 Å². The lowest BCUT2D eigenvalue weighted by Crippen LogP contribution is -2.31. The Morgan fingerprint density at radius 3 is 2.86 bits per heavy atom. The zero-order chi connectivity index (χ0) is 15.0. The molecule has 4 nitrogen and oxygen atoms in total. The molecule has 1 N–H and O–H groups in total. The first-order chi connectivity index (χ1) is 10.1. The smallest absolute Gasteiger partial charge is 0.339 e. The summed E-state index contributed by atoms with van der Waals surface area (Å²) in [4.78, 5) is 14.4.